The zero-order chi connectivity index (χ0) is 18.5. The number of hydrogen-bond donors (Lipinski definition) is 2. The highest BCUT2D eigenvalue weighted by Crippen LogP contribution is 2.19. The Bertz CT molecular complexity index is 764. The summed E-state index contributed by atoms with van der Waals surface area (Å²) in [7, 11) is 0. The monoisotopic (exact) mass is 355 g/mol. The second kappa shape index (κ2) is 8.19. The number of amides is 2. The quantitative estimate of drug-likeness (QED) is 0.809. The van der Waals surface area contributed by atoms with Crippen molar-refractivity contribution in [3.63, 3.8) is 0 Å². The predicted molar refractivity (Wildman–Crippen MR) is 98.4 cm³/mol. The van der Waals surface area contributed by atoms with Crippen LogP contribution in [0.5, 0.6) is 0 Å². The van der Waals surface area contributed by atoms with Crippen LogP contribution in [0.1, 0.15) is 52.7 Å². The molecule has 1 fully saturated rings. The van der Waals surface area contributed by atoms with Crippen LogP contribution in [-0.4, -0.2) is 29.8 Å². The van der Waals surface area contributed by atoms with Crippen molar-refractivity contribution in [3.8, 4) is 0 Å². The molecule has 1 aliphatic rings. The van der Waals surface area contributed by atoms with Crippen LogP contribution in [-0.2, 0) is 4.79 Å². The second-order valence-electron chi connectivity index (χ2n) is 6.66. The molecule has 2 heterocycles. The molecular formula is C20H25N3O3. The van der Waals surface area contributed by atoms with Crippen LogP contribution in [0.25, 0.3) is 0 Å². The van der Waals surface area contributed by atoms with Crippen LogP contribution in [0.15, 0.2) is 40.8 Å². The Morgan fingerprint density at radius 2 is 1.77 bits per heavy atom. The van der Waals surface area contributed by atoms with Gasteiger partial charge in [-0.2, -0.15) is 0 Å². The van der Waals surface area contributed by atoms with Gasteiger partial charge in [0.1, 0.15) is 17.6 Å². The number of furan rings is 1. The van der Waals surface area contributed by atoms with E-state index in [0.29, 0.717) is 17.1 Å². The Morgan fingerprint density at radius 3 is 2.38 bits per heavy atom. The first-order valence-electron chi connectivity index (χ1n) is 9.03. The minimum absolute atomic E-state index is 0.0173. The molecule has 0 spiro atoms. The van der Waals surface area contributed by atoms with Gasteiger partial charge in [-0.1, -0.05) is 30.3 Å². The number of nitrogens with one attached hydrogen (secondary N) is 2. The molecule has 1 aromatic carbocycles. The molecule has 138 valence electrons. The summed E-state index contributed by atoms with van der Waals surface area (Å²) in [6.45, 7) is 5.06. The van der Waals surface area contributed by atoms with Crippen LogP contribution in [0, 0.1) is 13.8 Å². The Hall–Kier alpha value is -2.60. The molecule has 0 bridgehead atoms. The molecule has 2 N–H and O–H groups in total. The van der Waals surface area contributed by atoms with Gasteiger partial charge in [-0.3, -0.25) is 15.0 Å². The molecule has 3 rings (SSSR count). The Kier molecular flexibility index (Phi) is 5.73. The molecular weight excluding hydrogens is 330 g/mol. The van der Waals surface area contributed by atoms with Crippen molar-refractivity contribution in [2.45, 2.75) is 39.2 Å². The van der Waals surface area contributed by atoms with E-state index in [1.165, 1.54) is 0 Å². The lowest BCUT2D eigenvalue weighted by Crippen LogP contribution is -2.48. The van der Waals surface area contributed by atoms with Gasteiger partial charge in [0.15, 0.2) is 0 Å². The third kappa shape index (κ3) is 4.14. The fourth-order valence-corrected chi connectivity index (χ4v) is 3.29. The SMILES string of the molecule is Cc1cc(C(=O)NNC(C(=O)N2CCCCC2)c2ccccc2)c(C)o1. The van der Waals surface area contributed by atoms with Crippen LogP contribution < -0.4 is 10.9 Å². The number of carbonyl (C=O) groups excluding carboxylic acids is 2. The van der Waals surface area contributed by atoms with Gasteiger partial charge in [-0.05, 0) is 44.7 Å². The largest absolute Gasteiger partial charge is 0.466 e. The van der Waals surface area contributed by atoms with Gasteiger partial charge in [0.2, 0.25) is 5.91 Å². The molecule has 6 nitrogen and oxygen atoms in total. The standard InChI is InChI=1S/C20H25N3O3/c1-14-13-17(15(2)26-14)19(24)22-21-18(16-9-5-3-6-10-16)20(25)23-11-7-4-8-12-23/h3,5-6,9-10,13,18,21H,4,7-8,11-12H2,1-2H3,(H,22,24). The summed E-state index contributed by atoms with van der Waals surface area (Å²) in [6, 6.07) is 10.5. The van der Waals surface area contributed by atoms with Crippen LogP contribution in [0.3, 0.4) is 0 Å². The second-order valence-corrected chi connectivity index (χ2v) is 6.66. The number of aryl methyl sites for hydroxylation is 2. The minimum atomic E-state index is -0.619. The minimum Gasteiger partial charge on any atom is -0.466 e. The molecule has 2 amide bonds. The molecule has 2 aromatic rings. The maximum Gasteiger partial charge on any atom is 0.268 e. The number of nitrogens with zero attached hydrogens (tertiary/aromatic N) is 1. The van der Waals surface area contributed by atoms with Crippen molar-refractivity contribution in [1.82, 2.24) is 15.8 Å². The molecule has 1 unspecified atom stereocenters. The summed E-state index contributed by atoms with van der Waals surface area (Å²) in [4.78, 5) is 27.3. The Balaban J connectivity index is 1.74. The van der Waals surface area contributed by atoms with Crippen molar-refractivity contribution in [1.29, 1.82) is 0 Å². The van der Waals surface area contributed by atoms with Crippen LogP contribution in [0.4, 0.5) is 0 Å². The lowest BCUT2D eigenvalue weighted by Gasteiger charge is -2.31. The smallest absolute Gasteiger partial charge is 0.268 e. The number of hydrogen-bond acceptors (Lipinski definition) is 4. The number of carbonyl (C=O) groups is 2. The molecule has 0 saturated carbocycles. The molecule has 0 radical (unpaired) electrons. The first-order chi connectivity index (χ1) is 12.6. The lowest BCUT2D eigenvalue weighted by molar-refractivity contribution is -0.134. The normalized spacial score (nSPS) is 15.5. The third-order valence-corrected chi connectivity index (χ3v) is 4.66. The maximum absolute atomic E-state index is 13.0. The summed E-state index contributed by atoms with van der Waals surface area (Å²) in [5, 5.41) is 0. The summed E-state index contributed by atoms with van der Waals surface area (Å²) in [6.07, 6.45) is 3.20. The Morgan fingerprint density at radius 1 is 1.08 bits per heavy atom. The Labute approximate surface area is 153 Å². The van der Waals surface area contributed by atoms with Gasteiger partial charge in [-0.15, -0.1) is 0 Å². The number of benzene rings is 1. The van der Waals surface area contributed by atoms with Crippen molar-refractivity contribution >= 4 is 11.8 Å². The number of rotatable bonds is 5. The van der Waals surface area contributed by atoms with E-state index in [9.17, 15) is 9.59 Å². The van der Waals surface area contributed by atoms with Crippen molar-refractivity contribution < 1.29 is 14.0 Å². The fraction of sp³-hybridized carbons (Fsp3) is 0.400. The highest BCUT2D eigenvalue weighted by atomic mass is 16.3. The summed E-state index contributed by atoms with van der Waals surface area (Å²) in [5.41, 5.74) is 6.90. The highest BCUT2D eigenvalue weighted by Gasteiger charge is 2.27. The number of likely N-dealkylation sites (tertiary alicyclic amines) is 1. The molecule has 6 heteroatoms. The fourth-order valence-electron chi connectivity index (χ4n) is 3.29. The van der Waals surface area contributed by atoms with E-state index in [1.807, 2.05) is 35.2 Å². The average Bonchev–Trinajstić information content (AvgIpc) is 3.01. The third-order valence-electron chi connectivity index (χ3n) is 4.66. The van der Waals surface area contributed by atoms with Crippen LogP contribution >= 0.6 is 0 Å². The van der Waals surface area contributed by atoms with E-state index in [4.69, 9.17) is 4.42 Å². The topological polar surface area (TPSA) is 74.6 Å². The van der Waals surface area contributed by atoms with E-state index < -0.39 is 6.04 Å². The summed E-state index contributed by atoms with van der Waals surface area (Å²) >= 11 is 0. The molecule has 1 aliphatic heterocycles. The van der Waals surface area contributed by atoms with Gasteiger partial charge in [0.25, 0.3) is 5.91 Å². The molecule has 1 atom stereocenters. The number of hydrazine groups is 1. The lowest BCUT2D eigenvalue weighted by atomic mass is 10.0. The molecule has 1 saturated heterocycles. The molecule has 26 heavy (non-hydrogen) atoms. The van der Waals surface area contributed by atoms with E-state index in [0.717, 1.165) is 37.9 Å². The van der Waals surface area contributed by atoms with Crippen molar-refractivity contribution in [3.05, 3.63) is 59.0 Å². The summed E-state index contributed by atoms with van der Waals surface area (Å²) in [5.74, 6) is 0.903. The number of piperidine rings is 1. The first kappa shape index (κ1) is 18.2. The van der Waals surface area contributed by atoms with Gasteiger partial charge >= 0.3 is 0 Å². The van der Waals surface area contributed by atoms with Crippen molar-refractivity contribution in [2.75, 3.05) is 13.1 Å². The average molecular weight is 355 g/mol. The highest BCUT2D eigenvalue weighted by molar-refractivity contribution is 5.95. The van der Waals surface area contributed by atoms with E-state index in [-0.39, 0.29) is 11.8 Å². The van der Waals surface area contributed by atoms with E-state index in [2.05, 4.69) is 10.9 Å². The van der Waals surface area contributed by atoms with E-state index in [1.54, 1.807) is 19.9 Å². The summed E-state index contributed by atoms with van der Waals surface area (Å²) < 4.78 is 5.41. The van der Waals surface area contributed by atoms with Gasteiger partial charge in [-0.25, -0.2) is 5.43 Å². The van der Waals surface area contributed by atoms with Crippen LogP contribution in [0.2, 0.25) is 0 Å². The molecule has 0 aliphatic carbocycles. The van der Waals surface area contributed by atoms with Gasteiger partial charge < -0.3 is 9.32 Å². The van der Waals surface area contributed by atoms with Gasteiger partial charge in [0.05, 0.1) is 5.56 Å². The molecule has 1 aromatic heterocycles. The van der Waals surface area contributed by atoms with Crippen molar-refractivity contribution in [2.24, 2.45) is 0 Å². The zero-order valence-corrected chi connectivity index (χ0v) is 15.2. The first-order valence-corrected chi connectivity index (χ1v) is 9.03. The van der Waals surface area contributed by atoms with E-state index >= 15 is 0 Å². The predicted octanol–water partition coefficient (Wildman–Crippen LogP) is 2.88. The maximum atomic E-state index is 13.0. The zero-order valence-electron chi connectivity index (χ0n) is 15.2. The van der Waals surface area contributed by atoms with Gasteiger partial charge in [0, 0.05) is 13.1 Å².